The first-order valence-electron chi connectivity index (χ1n) is 3.84. The van der Waals surface area contributed by atoms with E-state index in [1.54, 1.807) is 0 Å². The maximum atomic E-state index is 11.1. The zero-order chi connectivity index (χ0) is 9.14. The highest BCUT2D eigenvalue weighted by Gasteiger charge is 2.37. The van der Waals surface area contributed by atoms with Crippen molar-refractivity contribution in [2.75, 3.05) is 7.11 Å². The number of carbonyl (C=O) groups excluding carboxylic acids is 1. The Balaban J connectivity index is 2.63. The Hall–Kier alpha value is -0.420. The molecule has 1 N–H and O–H groups in total. The third kappa shape index (κ3) is 1.84. The summed E-state index contributed by atoms with van der Waals surface area (Å²) in [5, 5.41) is -0.419. The largest absolute Gasteiger partial charge is 0.469 e. The quantitative estimate of drug-likeness (QED) is 0.512. The van der Waals surface area contributed by atoms with Gasteiger partial charge in [-0.3, -0.25) is 4.79 Å². The van der Waals surface area contributed by atoms with Gasteiger partial charge in [0.05, 0.1) is 18.3 Å². The molecule has 1 aliphatic carbocycles. The maximum absolute atomic E-state index is 11.1. The molecule has 4 nitrogen and oxygen atoms in total. The van der Waals surface area contributed by atoms with Gasteiger partial charge in [0.2, 0.25) is 0 Å². The molecule has 1 fully saturated rings. The van der Waals surface area contributed by atoms with Crippen LogP contribution in [0.2, 0.25) is 0 Å². The molecule has 0 aromatic heterocycles. The fraction of sp³-hybridized carbons (Fsp3) is 0.857. The first-order chi connectivity index (χ1) is 5.66. The molecule has 1 aliphatic rings. The minimum Gasteiger partial charge on any atom is -0.469 e. The van der Waals surface area contributed by atoms with Crippen LogP contribution in [-0.2, 0) is 20.6 Å². The Kier molecular flexibility index (Phi) is 3.22. The number of methoxy groups -OCH3 is 1. The molecule has 0 radical (unpaired) electrons. The molecule has 0 saturated heterocycles. The number of rotatable bonds is 2. The molecular weight excluding hydrogens is 180 g/mol. The minimum absolute atomic E-state index is 0.361. The van der Waals surface area contributed by atoms with E-state index in [4.69, 9.17) is 4.55 Å². The van der Waals surface area contributed by atoms with E-state index in [-0.39, 0.29) is 11.9 Å². The Bertz CT molecular complexity index is 204. The van der Waals surface area contributed by atoms with Crippen molar-refractivity contribution in [3.05, 3.63) is 0 Å². The first kappa shape index (κ1) is 9.67. The second-order valence-corrected chi connectivity index (χ2v) is 4.03. The van der Waals surface area contributed by atoms with Gasteiger partial charge in [0, 0.05) is 0 Å². The molecule has 0 aromatic rings. The number of esters is 1. The van der Waals surface area contributed by atoms with Crippen LogP contribution in [0.1, 0.15) is 19.3 Å². The fourth-order valence-corrected chi connectivity index (χ4v) is 2.48. The fourth-order valence-electron chi connectivity index (χ4n) is 1.59. The molecule has 0 aromatic carbocycles. The van der Waals surface area contributed by atoms with E-state index in [1.807, 2.05) is 0 Å². The Morgan fingerprint density at radius 3 is 2.75 bits per heavy atom. The van der Waals surface area contributed by atoms with Crippen LogP contribution in [0.15, 0.2) is 0 Å². The molecule has 12 heavy (non-hydrogen) atoms. The third-order valence-corrected chi connectivity index (χ3v) is 3.30. The normalized spacial score (nSPS) is 31.5. The van der Waals surface area contributed by atoms with E-state index < -0.39 is 16.3 Å². The van der Waals surface area contributed by atoms with E-state index >= 15 is 0 Å². The molecule has 0 amide bonds. The van der Waals surface area contributed by atoms with Gasteiger partial charge in [0.25, 0.3) is 0 Å². The van der Waals surface area contributed by atoms with Gasteiger partial charge in [-0.2, -0.15) is 0 Å². The predicted molar refractivity (Wildman–Crippen MR) is 43.9 cm³/mol. The van der Waals surface area contributed by atoms with Crippen molar-refractivity contribution in [2.24, 2.45) is 5.92 Å². The number of hydrogen-bond acceptors (Lipinski definition) is 3. The summed E-state index contributed by atoms with van der Waals surface area (Å²) in [7, 11) is 1.30. The second-order valence-electron chi connectivity index (χ2n) is 2.88. The lowest BCUT2D eigenvalue weighted by molar-refractivity contribution is -0.145. The average Bonchev–Trinajstić information content (AvgIpc) is 2.50. The molecular formula is C7H12O4S. The summed E-state index contributed by atoms with van der Waals surface area (Å²) in [6.45, 7) is 0. The van der Waals surface area contributed by atoms with Crippen LogP contribution in [0.3, 0.4) is 0 Å². The van der Waals surface area contributed by atoms with Crippen LogP contribution in [0.5, 0.6) is 0 Å². The molecule has 0 aliphatic heterocycles. The maximum Gasteiger partial charge on any atom is 0.309 e. The van der Waals surface area contributed by atoms with Crippen molar-refractivity contribution in [1.29, 1.82) is 0 Å². The van der Waals surface area contributed by atoms with Gasteiger partial charge in [0.1, 0.15) is 0 Å². The lowest BCUT2D eigenvalue weighted by atomic mass is 10.1. The Morgan fingerprint density at radius 1 is 1.58 bits per heavy atom. The Labute approximate surface area is 73.6 Å². The van der Waals surface area contributed by atoms with E-state index in [0.29, 0.717) is 12.8 Å². The summed E-state index contributed by atoms with van der Waals surface area (Å²) in [6, 6.07) is 0. The van der Waals surface area contributed by atoms with Gasteiger partial charge in [0.15, 0.2) is 11.1 Å². The van der Waals surface area contributed by atoms with Gasteiger partial charge in [-0.15, -0.1) is 0 Å². The van der Waals surface area contributed by atoms with Crippen molar-refractivity contribution in [1.82, 2.24) is 0 Å². The number of ether oxygens (including phenoxy) is 1. The highest BCUT2D eigenvalue weighted by Crippen LogP contribution is 2.29. The number of hydrogen-bond donors (Lipinski definition) is 1. The van der Waals surface area contributed by atoms with Gasteiger partial charge in [-0.05, 0) is 12.8 Å². The smallest absolute Gasteiger partial charge is 0.309 e. The zero-order valence-corrected chi connectivity index (χ0v) is 7.67. The number of carbonyl (C=O) groups is 1. The van der Waals surface area contributed by atoms with E-state index in [2.05, 4.69) is 4.74 Å². The van der Waals surface area contributed by atoms with Crippen LogP contribution in [0.4, 0.5) is 0 Å². The van der Waals surface area contributed by atoms with Gasteiger partial charge < -0.3 is 9.29 Å². The van der Waals surface area contributed by atoms with E-state index in [9.17, 15) is 9.00 Å². The van der Waals surface area contributed by atoms with E-state index in [1.165, 1.54) is 7.11 Å². The summed E-state index contributed by atoms with van der Waals surface area (Å²) in [5.74, 6) is -0.735. The first-order valence-corrected chi connectivity index (χ1v) is 5.01. The van der Waals surface area contributed by atoms with Crippen molar-refractivity contribution in [3.8, 4) is 0 Å². The van der Waals surface area contributed by atoms with Crippen LogP contribution in [0.25, 0.3) is 0 Å². The Morgan fingerprint density at radius 2 is 2.25 bits per heavy atom. The molecule has 0 spiro atoms. The highest BCUT2D eigenvalue weighted by atomic mass is 32.2. The molecule has 0 bridgehead atoms. The van der Waals surface area contributed by atoms with Crippen LogP contribution < -0.4 is 0 Å². The molecule has 1 rings (SSSR count). The molecule has 1 saturated carbocycles. The highest BCUT2D eigenvalue weighted by molar-refractivity contribution is 7.79. The molecule has 5 heteroatoms. The molecule has 0 heterocycles. The topological polar surface area (TPSA) is 63.6 Å². The monoisotopic (exact) mass is 192 g/mol. The van der Waals surface area contributed by atoms with Gasteiger partial charge in [-0.1, -0.05) is 6.42 Å². The summed E-state index contributed by atoms with van der Waals surface area (Å²) in [6.07, 6.45) is 2.14. The molecule has 3 atom stereocenters. The molecule has 70 valence electrons. The molecule has 3 unspecified atom stereocenters. The van der Waals surface area contributed by atoms with Crippen molar-refractivity contribution < 1.29 is 18.3 Å². The minimum atomic E-state index is -1.89. The zero-order valence-electron chi connectivity index (χ0n) is 6.86. The summed E-state index contributed by atoms with van der Waals surface area (Å²) < 4.78 is 24.1. The van der Waals surface area contributed by atoms with Gasteiger partial charge >= 0.3 is 5.97 Å². The third-order valence-electron chi connectivity index (χ3n) is 2.22. The second kappa shape index (κ2) is 4.00. The summed E-state index contributed by atoms with van der Waals surface area (Å²) in [4.78, 5) is 11.1. The van der Waals surface area contributed by atoms with E-state index in [0.717, 1.165) is 6.42 Å². The van der Waals surface area contributed by atoms with Crippen LogP contribution in [0, 0.1) is 5.92 Å². The van der Waals surface area contributed by atoms with Crippen LogP contribution >= 0.6 is 0 Å². The average molecular weight is 192 g/mol. The van der Waals surface area contributed by atoms with Crippen molar-refractivity contribution >= 4 is 17.0 Å². The van der Waals surface area contributed by atoms with Gasteiger partial charge in [-0.25, -0.2) is 4.21 Å². The standard InChI is InChI=1S/C7H12O4S/c1-11-7(8)5-3-2-4-6(5)12(9)10/h5-6H,2-4H2,1H3,(H,9,10). The summed E-state index contributed by atoms with van der Waals surface area (Å²) in [5.41, 5.74) is 0. The van der Waals surface area contributed by atoms with Crippen molar-refractivity contribution in [2.45, 2.75) is 24.5 Å². The lowest BCUT2D eigenvalue weighted by Crippen LogP contribution is -2.27. The van der Waals surface area contributed by atoms with Crippen molar-refractivity contribution in [3.63, 3.8) is 0 Å². The predicted octanol–water partition coefficient (Wildman–Crippen LogP) is 0.550. The lowest BCUT2D eigenvalue weighted by Gasteiger charge is -2.12. The van der Waals surface area contributed by atoms with Crippen LogP contribution in [-0.4, -0.2) is 27.1 Å². The summed E-state index contributed by atoms with van der Waals surface area (Å²) >= 11 is -1.89. The SMILES string of the molecule is COC(=O)C1CCCC1S(=O)O.